The smallest absolute Gasteiger partial charge is 0.394 e. The van der Waals surface area contributed by atoms with Crippen LogP contribution in [0.25, 0.3) is 0 Å². The van der Waals surface area contributed by atoms with Gasteiger partial charge in [-0.25, -0.2) is 0 Å². The minimum absolute atomic E-state index is 0.668. The number of hydrogen-bond donors (Lipinski definition) is 0. The fourth-order valence-electron chi connectivity index (χ4n) is 1.71. The van der Waals surface area contributed by atoms with Gasteiger partial charge in [-0.1, -0.05) is 0 Å². The Kier molecular flexibility index (Phi) is 4.26. The zero-order valence-electron chi connectivity index (χ0n) is 10.9. The van der Waals surface area contributed by atoms with Gasteiger partial charge in [0.25, 0.3) is 5.60 Å². The lowest BCUT2D eigenvalue weighted by Gasteiger charge is -2.41. The summed E-state index contributed by atoms with van der Waals surface area (Å²) >= 11 is 0. The summed E-state index contributed by atoms with van der Waals surface area (Å²) in [6, 6.07) is 1.34. The molecular weight excluding hydrogens is 304 g/mol. The average Bonchev–Trinajstić information content (AvgIpc) is 2.22. The van der Waals surface area contributed by atoms with Crippen molar-refractivity contribution in [3.05, 3.63) is 30.1 Å². The molecule has 0 saturated heterocycles. The lowest BCUT2D eigenvalue weighted by molar-refractivity contribution is -0.368. The Hall–Kier alpha value is -1.09. The molecule has 0 bridgehead atoms. The van der Waals surface area contributed by atoms with Gasteiger partial charge in [0.1, 0.15) is 0 Å². The first kappa shape index (κ1) is 17.0. The third kappa shape index (κ3) is 3.14. The zero-order valence-corrected chi connectivity index (χ0v) is 11.9. The summed E-state index contributed by atoms with van der Waals surface area (Å²) in [5, 5.41) is 0. The SMILES string of the molecule is C[Si](C)(C)OC(c1ccncc1)(C(F)(F)F)C(F)(F)F. The molecule has 20 heavy (non-hydrogen) atoms. The van der Waals surface area contributed by atoms with Crippen LogP contribution in [0.3, 0.4) is 0 Å². The van der Waals surface area contributed by atoms with E-state index in [1.807, 2.05) is 0 Å². The van der Waals surface area contributed by atoms with Crippen molar-refractivity contribution in [2.75, 3.05) is 0 Å². The highest BCUT2D eigenvalue weighted by Crippen LogP contribution is 2.53. The van der Waals surface area contributed by atoms with Crippen molar-refractivity contribution in [1.82, 2.24) is 4.98 Å². The minimum atomic E-state index is -5.63. The van der Waals surface area contributed by atoms with Gasteiger partial charge in [0, 0.05) is 18.0 Å². The van der Waals surface area contributed by atoms with E-state index in [4.69, 9.17) is 0 Å². The highest BCUT2D eigenvalue weighted by Gasteiger charge is 2.74. The lowest BCUT2D eigenvalue weighted by atomic mass is 9.93. The Morgan fingerprint density at radius 3 is 1.60 bits per heavy atom. The Morgan fingerprint density at radius 1 is 0.900 bits per heavy atom. The molecule has 1 rings (SSSR count). The van der Waals surface area contributed by atoms with Gasteiger partial charge in [0.05, 0.1) is 0 Å². The molecule has 0 aliphatic carbocycles. The summed E-state index contributed by atoms with van der Waals surface area (Å²) in [4.78, 5) is 3.44. The van der Waals surface area contributed by atoms with Crippen molar-refractivity contribution in [3.8, 4) is 0 Å². The van der Waals surface area contributed by atoms with Crippen LogP contribution >= 0.6 is 0 Å². The van der Waals surface area contributed by atoms with Crippen LogP contribution in [0.5, 0.6) is 0 Å². The molecule has 0 aliphatic rings. The van der Waals surface area contributed by atoms with Gasteiger partial charge in [-0.05, 0) is 31.8 Å². The third-order valence-corrected chi connectivity index (χ3v) is 3.26. The Balaban J connectivity index is 3.61. The molecular formula is C11H13F6NOSi. The third-order valence-electron chi connectivity index (χ3n) is 2.34. The maximum absolute atomic E-state index is 13.2. The molecule has 1 aromatic heterocycles. The molecule has 0 amide bonds. The molecule has 114 valence electrons. The van der Waals surface area contributed by atoms with Gasteiger partial charge in [0.2, 0.25) is 0 Å². The maximum Gasteiger partial charge on any atom is 0.429 e. The highest BCUT2D eigenvalue weighted by atomic mass is 28.4. The predicted molar refractivity (Wildman–Crippen MR) is 62.5 cm³/mol. The van der Waals surface area contributed by atoms with Crippen LogP contribution in [0.2, 0.25) is 19.6 Å². The van der Waals surface area contributed by atoms with E-state index < -0.39 is 31.8 Å². The van der Waals surface area contributed by atoms with Crippen molar-refractivity contribution in [2.24, 2.45) is 0 Å². The highest BCUT2D eigenvalue weighted by molar-refractivity contribution is 6.69. The Morgan fingerprint density at radius 2 is 1.30 bits per heavy atom. The van der Waals surface area contributed by atoms with Crippen LogP contribution in [-0.4, -0.2) is 25.7 Å². The number of pyridine rings is 1. The summed E-state index contributed by atoms with van der Waals surface area (Å²) in [5.41, 5.74) is -5.34. The fraction of sp³-hybridized carbons (Fsp3) is 0.545. The maximum atomic E-state index is 13.2. The molecule has 0 radical (unpaired) electrons. The summed E-state index contributed by atoms with van der Waals surface area (Å²) in [6.45, 7) is 3.79. The average molecular weight is 317 g/mol. The zero-order chi connectivity index (χ0) is 15.8. The lowest BCUT2D eigenvalue weighted by Crippen LogP contribution is -2.59. The topological polar surface area (TPSA) is 22.1 Å². The molecule has 2 nitrogen and oxygen atoms in total. The van der Waals surface area contributed by atoms with Crippen LogP contribution in [0.4, 0.5) is 26.3 Å². The molecule has 0 fully saturated rings. The van der Waals surface area contributed by atoms with E-state index in [9.17, 15) is 26.3 Å². The number of alkyl halides is 6. The van der Waals surface area contributed by atoms with Crippen molar-refractivity contribution in [1.29, 1.82) is 0 Å². The second kappa shape index (κ2) is 5.03. The second-order valence-electron chi connectivity index (χ2n) is 5.13. The predicted octanol–water partition coefficient (Wildman–Crippen LogP) is 4.25. The standard InChI is InChI=1S/C11H13F6NOSi/c1-20(2,3)19-9(10(12,13)14,11(15,16)17)8-4-6-18-7-5-8/h4-7H,1-3H3. The van der Waals surface area contributed by atoms with Crippen LogP contribution in [0.1, 0.15) is 5.56 Å². The van der Waals surface area contributed by atoms with Crippen molar-refractivity contribution in [2.45, 2.75) is 37.6 Å². The van der Waals surface area contributed by atoms with E-state index >= 15 is 0 Å². The van der Waals surface area contributed by atoms with Gasteiger partial charge in [0.15, 0.2) is 8.32 Å². The van der Waals surface area contributed by atoms with Gasteiger partial charge in [-0.2, -0.15) is 26.3 Å². The van der Waals surface area contributed by atoms with E-state index in [1.165, 1.54) is 19.6 Å². The number of hydrogen-bond acceptors (Lipinski definition) is 2. The van der Waals surface area contributed by atoms with Gasteiger partial charge in [-0.15, -0.1) is 0 Å². The second-order valence-corrected chi connectivity index (χ2v) is 9.56. The molecule has 0 N–H and O–H groups in total. The molecule has 0 aromatic carbocycles. The molecule has 0 spiro atoms. The number of rotatable bonds is 3. The van der Waals surface area contributed by atoms with Crippen LogP contribution < -0.4 is 0 Å². The molecule has 0 aliphatic heterocycles. The van der Waals surface area contributed by atoms with E-state index in [-0.39, 0.29) is 0 Å². The minimum Gasteiger partial charge on any atom is -0.394 e. The largest absolute Gasteiger partial charge is 0.429 e. The first-order valence-electron chi connectivity index (χ1n) is 5.55. The van der Waals surface area contributed by atoms with E-state index in [0.717, 1.165) is 12.4 Å². The number of nitrogens with zero attached hydrogens (tertiary/aromatic N) is 1. The van der Waals surface area contributed by atoms with Crippen LogP contribution in [0, 0.1) is 0 Å². The summed E-state index contributed by atoms with van der Waals surface area (Å²) in [6.07, 6.45) is -9.52. The molecule has 1 heterocycles. The van der Waals surface area contributed by atoms with Gasteiger partial charge in [-0.3, -0.25) is 4.98 Å². The molecule has 0 saturated carbocycles. The molecule has 0 atom stereocenters. The van der Waals surface area contributed by atoms with Crippen LogP contribution in [-0.2, 0) is 10.0 Å². The summed E-state index contributed by atoms with van der Waals surface area (Å²) < 4.78 is 84.1. The van der Waals surface area contributed by atoms with E-state index in [0.29, 0.717) is 12.1 Å². The first-order chi connectivity index (χ1) is 8.81. The van der Waals surface area contributed by atoms with Gasteiger partial charge < -0.3 is 4.43 Å². The van der Waals surface area contributed by atoms with Crippen molar-refractivity contribution in [3.63, 3.8) is 0 Å². The Labute approximate surface area is 112 Å². The van der Waals surface area contributed by atoms with E-state index in [2.05, 4.69) is 9.41 Å². The molecule has 9 heteroatoms. The number of halogens is 6. The summed E-state index contributed by atoms with van der Waals surface area (Å²) in [7, 11) is -3.16. The number of aromatic nitrogens is 1. The molecule has 1 aromatic rings. The van der Waals surface area contributed by atoms with Gasteiger partial charge >= 0.3 is 12.4 Å². The quantitative estimate of drug-likeness (QED) is 0.614. The first-order valence-corrected chi connectivity index (χ1v) is 8.96. The monoisotopic (exact) mass is 317 g/mol. The van der Waals surface area contributed by atoms with Crippen molar-refractivity contribution >= 4 is 8.32 Å². The summed E-state index contributed by atoms with van der Waals surface area (Å²) in [5.74, 6) is 0. The molecule has 0 unspecified atom stereocenters. The normalized spacial score (nSPS) is 14.4. The van der Waals surface area contributed by atoms with Crippen molar-refractivity contribution < 1.29 is 30.8 Å². The van der Waals surface area contributed by atoms with Crippen LogP contribution in [0.15, 0.2) is 24.5 Å². The van der Waals surface area contributed by atoms with E-state index in [1.54, 1.807) is 0 Å². The Bertz CT molecular complexity index is 437. The fourth-order valence-corrected chi connectivity index (χ4v) is 2.98.